The van der Waals surface area contributed by atoms with E-state index < -0.39 is 0 Å². The summed E-state index contributed by atoms with van der Waals surface area (Å²) in [6, 6.07) is 5.18. The van der Waals surface area contributed by atoms with Crippen molar-refractivity contribution in [3.05, 3.63) is 28.2 Å². The first-order valence-electron chi connectivity index (χ1n) is 6.26. The van der Waals surface area contributed by atoms with Gasteiger partial charge in [-0.3, -0.25) is 9.69 Å². The summed E-state index contributed by atoms with van der Waals surface area (Å²) < 4.78 is 0. The molecule has 4 nitrogen and oxygen atoms in total. The summed E-state index contributed by atoms with van der Waals surface area (Å²) in [6.45, 7) is 2.84. The SMILES string of the molecule is Cl.NCC1CCN(CC(=O)Nc2cccc(Cl)c2Cl)C1. The van der Waals surface area contributed by atoms with Gasteiger partial charge in [0.25, 0.3) is 0 Å². The zero-order chi connectivity index (χ0) is 13.8. The Labute approximate surface area is 135 Å². The highest BCUT2D eigenvalue weighted by Gasteiger charge is 2.23. The van der Waals surface area contributed by atoms with Crippen molar-refractivity contribution in [1.29, 1.82) is 0 Å². The van der Waals surface area contributed by atoms with E-state index in [0.29, 0.717) is 34.7 Å². The maximum atomic E-state index is 11.9. The molecule has 1 heterocycles. The predicted molar refractivity (Wildman–Crippen MR) is 85.9 cm³/mol. The molecule has 0 radical (unpaired) electrons. The summed E-state index contributed by atoms with van der Waals surface area (Å²) >= 11 is 11.9. The smallest absolute Gasteiger partial charge is 0.238 e. The van der Waals surface area contributed by atoms with Crippen molar-refractivity contribution in [2.75, 3.05) is 31.5 Å². The predicted octanol–water partition coefficient (Wildman–Crippen LogP) is 2.63. The molecule has 1 aromatic rings. The maximum absolute atomic E-state index is 11.9. The second kappa shape index (κ2) is 8.05. The van der Waals surface area contributed by atoms with Gasteiger partial charge in [0.15, 0.2) is 0 Å². The van der Waals surface area contributed by atoms with Gasteiger partial charge in [-0.2, -0.15) is 0 Å². The Kier molecular flexibility index (Phi) is 7.06. The fourth-order valence-corrected chi connectivity index (χ4v) is 2.59. The Bertz CT molecular complexity index is 470. The lowest BCUT2D eigenvalue weighted by molar-refractivity contribution is -0.117. The molecule has 0 spiro atoms. The Morgan fingerprint density at radius 2 is 2.20 bits per heavy atom. The van der Waals surface area contributed by atoms with Gasteiger partial charge in [-0.15, -0.1) is 12.4 Å². The van der Waals surface area contributed by atoms with Crippen LogP contribution in [-0.4, -0.2) is 37.0 Å². The number of nitrogens with two attached hydrogens (primary N) is 1. The number of amides is 1. The van der Waals surface area contributed by atoms with E-state index >= 15 is 0 Å². The molecule has 1 aliphatic heterocycles. The molecular formula is C13H18Cl3N3O. The molecule has 112 valence electrons. The van der Waals surface area contributed by atoms with E-state index in [-0.39, 0.29) is 18.3 Å². The van der Waals surface area contributed by atoms with Crippen molar-refractivity contribution in [3.8, 4) is 0 Å². The quantitative estimate of drug-likeness (QED) is 0.887. The number of likely N-dealkylation sites (tertiary alicyclic amines) is 1. The average Bonchev–Trinajstić information content (AvgIpc) is 2.82. The van der Waals surface area contributed by atoms with Gasteiger partial charge >= 0.3 is 0 Å². The van der Waals surface area contributed by atoms with E-state index in [1.54, 1.807) is 18.2 Å². The van der Waals surface area contributed by atoms with Gasteiger partial charge < -0.3 is 11.1 Å². The summed E-state index contributed by atoms with van der Waals surface area (Å²) in [5, 5.41) is 3.59. The van der Waals surface area contributed by atoms with Gasteiger partial charge in [-0.05, 0) is 37.6 Å². The van der Waals surface area contributed by atoms with Gasteiger partial charge in [0, 0.05) is 6.54 Å². The normalized spacial score (nSPS) is 18.6. The van der Waals surface area contributed by atoms with Crippen LogP contribution in [0.3, 0.4) is 0 Å². The Hall–Kier alpha value is -0.520. The summed E-state index contributed by atoms with van der Waals surface area (Å²) in [5.74, 6) is 0.421. The molecule has 0 saturated carbocycles. The van der Waals surface area contributed by atoms with Crippen molar-refractivity contribution >= 4 is 47.2 Å². The van der Waals surface area contributed by atoms with E-state index in [1.807, 2.05) is 0 Å². The van der Waals surface area contributed by atoms with Crippen molar-refractivity contribution < 1.29 is 4.79 Å². The van der Waals surface area contributed by atoms with Crippen LogP contribution in [0, 0.1) is 5.92 Å². The number of benzene rings is 1. The largest absolute Gasteiger partial charge is 0.330 e. The lowest BCUT2D eigenvalue weighted by Crippen LogP contribution is -2.32. The topological polar surface area (TPSA) is 58.4 Å². The standard InChI is InChI=1S/C13H17Cl2N3O.ClH/c14-10-2-1-3-11(13(10)15)17-12(19)8-18-5-4-9(6-16)7-18;/h1-3,9H,4-8,16H2,(H,17,19);1H. The van der Waals surface area contributed by atoms with Gasteiger partial charge in [-0.1, -0.05) is 29.3 Å². The molecule has 1 amide bonds. The molecule has 1 fully saturated rings. The molecule has 20 heavy (non-hydrogen) atoms. The molecule has 0 bridgehead atoms. The first-order valence-corrected chi connectivity index (χ1v) is 7.02. The van der Waals surface area contributed by atoms with Gasteiger partial charge in [0.05, 0.1) is 22.3 Å². The molecule has 0 aromatic heterocycles. The molecule has 3 N–H and O–H groups in total. The molecule has 2 rings (SSSR count). The Morgan fingerprint density at radius 1 is 1.45 bits per heavy atom. The Morgan fingerprint density at radius 3 is 2.85 bits per heavy atom. The lowest BCUT2D eigenvalue weighted by Gasteiger charge is -2.15. The highest BCUT2D eigenvalue weighted by atomic mass is 35.5. The third-order valence-corrected chi connectivity index (χ3v) is 4.12. The molecule has 0 aliphatic carbocycles. The molecule has 1 atom stereocenters. The Balaban J connectivity index is 0.00000200. The monoisotopic (exact) mass is 337 g/mol. The van der Waals surface area contributed by atoms with Crippen LogP contribution in [0.5, 0.6) is 0 Å². The minimum Gasteiger partial charge on any atom is -0.330 e. The maximum Gasteiger partial charge on any atom is 0.238 e. The highest BCUT2D eigenvalue weighted by molar-refractivity contribution is 6.43. The van der Waals surface area contributed by atoms with Gasteiger partial charge in [0.2, 0.25) is 5.91 Å². The number of hydrogen-bond acceptors (Lipinski definition) is 3. The first kappa shape index (κ1) is 17.5. The summed E-state index contributed by atoms with van der Waals surface area (Å²) in [7, 11) is 0. The first-order chi connectivity index (χ1) is 9.10. The molecule has 1 saturated heterocycles. The minimum atomic E-state index is -0.0816. The van der Waals surface area contributed by atoms with Crippen LogP contribution >= 0.6 is 35.6 Å². The number of hydrogen-bond donors (Lipinski definition) is 2. The average molecular weight is 339 g/mol. The van der Waals surface area contributed by atoms with Gasteiger partial charge in [0.1, 0.15) is 0 Å². The van der Waals surface area contributed by atoms with Gasteiger partial charge in [-0.25, -0.2) is 0 Å². The third kappa shape index (κ3) is 4.50. The summed E-state index contributed by atoms with van der Waals surface area (Å²) in [5.41, 5.74) is 6.18. The van der Waals surface area contributed by atoms with Crippen LogP contribution in [0.1, 0.15) is 6.42 Å². The second-order valence-corrected chi connectivity index (χ2v) is 5.56. The molecule has 1 aliphatic rings. The second-order valence-electron chi connectivity index (χ2n) is 4.78. The molecule has 1 unspecified atom stereocenters. The third-order valence-electron chi connectivity index (χ3n) is 3.30. The number of nitrogens with one attached hydrogen (secondary N) is 1. The van der Waals surface area contributed by atoms with Crippen LogP contribution in [0.15, 0.2) is 18.2 Å². The van der Waals surface area contributed by atoms with Crippen molar-refractivity contribution in [2.45, 2.75) is 6.42 Å². The highest BCUT2D eigenvalue weighted by Crippen LogP contribution is 2.29. The van der Waals surface area contributed by atoms with Crippen LogP contribution in [-0.2, 0) is 4.79 Å². The molecule has 1 aromatic carbocycles. The number of rotatable bonds is 4. The van der Waals surface area contributed by atoms with Crippen molar-refractivity contribution in [3.63, 3.8) is 0 Å². The summed E-state index contributed by atoms with van der Waals surface area (Å²) in [4.78, 5) is 14.0. The van der Waals surface area contributed by atoms with Crippen LogP contribution in [0.4, 0.5) is 5.69 Å². The fraction of sp³-hybridized carbons (Fsp3) is 0.462. The van der Waals surface area contributed by atoms with E-state index in [4.69, 9.17) is 28.9 Å². The zero-order valence-electron chi connectivity index (χ0n) is 10.9. The lowest BCUT2D eigenvalue weighted by atomic mass is 10.1. The van der Waals surface area contributed by atoms with Crippen LogP contribution in [0.25, 0.3) is 0 Å². The van der Waals surface area contributed by atoms with E-state index in [2.05, 4.69) is 10.2 Å². The number of halogens is 3. The van der Waals surface area contributed by atoms with E-state index in [0.717, 1.165) is 19.5 Å². The minimum absolute atomic E-state index is 0. The number of carbonyl (C=O) groups is 1. The summed E-state index contributed by atoms with van der Waals surface area (Å²) in [6.07, 6.45) is 1.06. The van der Waals surface area contributed by atoms with Crippen molar-refractivity contribution in [1.82, 2.24) is 4.90 Å². The number of nitrogens with zero attached hydrogens (tertiary/aromatic N) is 1. The zero-order valence-corrected chi connectivity index (χ0v) is 13.3. The molecular weight excluding hydrogens is 321 g/mol. The van der Waals surface area contributed by atoms with Crippen LogP contribution < -0.4 is 11.1 Å². The van der Waals surface area contributed by atoms with E-state index in [1.165, 1.54) is 0 Å². The fourth-order valence-electron chi connectivity index (χ4n) is 2.24. The number of carbonyl (C=O) groups excluding carboxylic acids is 1. The molecule has 7 heteroatoms. The number of anilines is 1. The van der Waals surface area contributed by atoms with Crippen molar-refractivity contribution in [2.24, 2.45) is 11.7 Å². The van der Waals surface area contributed by atoms with Crippen LogP contribution in [0.2, 0.25) is 10.0 Å². The van der Waals surface area contributed by atoms with E-state index in [9.17, 15) is 4.79 Å².